The first kappa shape index (κ1) is 14.8. The van der Waals surface area contributed by atoms with Crippen LogP contribution in [0.1, 0.15) is 21.9 Å². The molecular weight excluding hydrogens is 268 g/mol. The van der Waals surface area contributed by atoms with E-state index in [4.69, 9.17) is 0 Å². The molecule has 6 heteroatoms. The van der Waals surface area contributed by atoms with Gasteiger partial charge in [-0.1, -0.05) is 0 Å². The number of hydrogen-bond acceptors (Lipinski definition) is 4. The minimum absolute atomic E-state index is 0.0392. The second kappa shape index (κ2) is 5.78. The Kier molecular flexibility index (Phi) is 4.07. The fourth-order valence-corrected chi connectivity index (χ4v) is 2.03. The number of nitrogens with one attached hydrogen (secondary N) is 2. The van der Waals surface area contributed by atoms with Gasteiger partial charge in [0, 0.05) is 25.5 Å². The number of hydrogen-bond donors (Lipinski definition) is 2. The highest BCUT2D eigenvalue weighted by atomic mass is 16.2. The van der Waals surface area contributed by atoms with Crippen molar-refractivity contribution in [3.63, 3.8) is 0 Å². The molecule has 21 heavy (non-hydrogen) atoms. The predicted octanol–water partition coefficient (Wildman–Crippen LogP) is 1.71. The maximum absolute atomic E-state index is 12.2. The standard InChI is InChI=1S/C15H18N4O2/c1-9-13(14(20)17-10(2)16-9)15(21)18-11-5-7-12(8-6-11)19(3)4/h5-8H,1-4H3,(H,18,21)(H,16,17,20). The summed E-state index contributed by atoms with van der Waals surface area (Å²) in [5.41, 5.74) is 1.68. The third-order valence-electron chi connectivity index (χ3n) is 3.09. The van der Waals surface area contributed by atoms with Crippen LogP contribution in [0.4, 0.5) is 11.4 Å². The van der Waals surface area contributed by atoms with Crippen molar-refractivity contribution in [2.24, 2.45) is 0 Å². The average molecular weight is 286 g/mol. The van der Waals surface area contributed by atoms with Gasteiger partial charge in [0.2, 0.25) is 0 Å². The summed E-state index contributed by atoms with van der Waals surface area (Å²) in [6, 6.07) is 7.36. The van der Waals surface area contributed by atoms with E-state index in [0.717, 1.165) is 5.69 Å². The first-order valence-corrected chi connectivity index (χ1v) is 6.54. The SMILES string of the molecule is Cc1nc(C)c(C(=O)Nc2ccc(N(C)C)cc2)c(=O)[nH]1. The summed E-state index contributed by atoms with van der Waals surface area (Å²) in [4.78, 5) is 32.7. The second-order valence-electron chi connectivity index (χ2n) is 5.01. The molecule has 1 aromatic carbocycles. The molecular formula is C15H18N4O2. The van der Waals surface area contributed by atoms with Gasteiger partial charge in [-0.05, 0) is 38.1 Å². The van der Waals surface area contributed by atoms with Crippen molar-refractivity contribution in [1.29, 1.82) is 0 Å². The van der Waals surface area contributed by atoms with E-state index in [9.17, 15) is 9.59 Å². The molecule has 1 amide bonds. The summed E-state index contributed by atoms with van der Waals surface area (Å²) in [6.07, 6.45) is 0. The van der Waals surface area contributed by atoms with E-state index < -0.39 is 11.5 Å². The Bertz CT molecular complexity index is 717. The Morgan fingerprint density at radius 2 is 1.81 bits per heavy atom. The van der Waals surface area contributed by atoms with Crippen LogP contribution >= 0.6 is 0 Å². The van der Waals surface area contributed by atoms with E-state index in [1.807, 2.05) is 31.1 Å². The first-order valence-electron chi connectivity index (χ1n) is 6.54. The number of aryl methyl sites for hydroxylation is 2. The van der Waals surface area contributed by atoms with Crippen molar-refractivity contribution in [3.05, 3.63) is 51.7 Å². The molecule has 110 valence electrons. The molecule has 0 aliphatic heterocycles. The van der Waals surface area contributed by atoms with Gasteiger partial charge in [0.1, 0.15) is 11.4 Å². The molecule has 0 saturated heterocycles. The topological polar surface area (TPSA) is 78.1 Å². The Morgan fingerprint density at radius 3 is 2.33 bits per heavy atom. The lowest BCUT2D eigenvalue weighted by molar-refractivity contribution is 0.102. The van der Waals surface area contributed by atoms with Crippen LogP contribution in [0.2, 0.25) is 0 Å². The van der Waals surface area contributed by atoms with Gasteiger partial charge < -0.3 is 15.2 Å². The van der Waals surface area contributed by atoms with Crippen molar-refractivity contribution in [3.8, 4) is 0 Å². The quantitative estimate of drug-likeness (QED) is 0.900. The molecule has 2 rings (SSSR count). The van der Waals surface area contributed by atoms with Gasteiger partial charge in [-0.25, -0.2) is 4.98 Å². The van der Waals surface area contributed by atoms with Gasteiger partial charge in [-0.15, -0.1) is 0 Å². The fourth-order valence-electron chi connectivity index (χ4n) is 2.03. The van der Waals surface area contributed by atoms with E-state index in [1.54, 1.807) is 26.0 Å². The molecule has 0 unspecified atom stereocenters. The number of H-pyrrole nitrogens is 1. The summed E-state index contributed by atoms with van der Waals surface area (Å²) in [5, 5.41) is 2.71. The van der Waals surface area contributed by atoms with Crippen molar-refractivity contribution >= 4 is 17.3 Å². The number of carbonyl (C=O) groups excluding carboxylic acids is 1. The summed E-state index contributed by atoms with van der Waals surface area (Å²) in [7, 11) is 3.88. The van der Waals surface area contributed by atoms with Crippen LogP contribution in [0.15, 0.2) is 29.1 Å². The average Bonchev–Trinajstić information content (AvgIpc) is 2.37. The summed E-state index contributed by atoms with van der Waals surface area (Å²) < 4.78 is 0. The van der Waals surface area contributed by atoms with Gasteiger partial charge in [-0.2, -0.15) is 0 Å². The first-order chi connectivity index (χ1) is 9.88. The highest BCUT2D eigenvalue weighted by Crippen LogP contribution is 2.16. The smallest absolute Gasteiger partial charge is 0.264 e. The third-order valence-corrected chi connectivity index (χ3v) is 3.09. The zero-order valence-corrected chi connectivity index (χ0v) is 12.5. The lowest BCUT2D eigenvalue weighted by atomic mass is 10.2. The highest BCUT2D eigenvalue weighted by molar-refractivity contribution is 6.04. The third kappa shape index (κ3) is 3.28. The number of amides is 1. The number of anilines is 2. The minimum Gasteiger partial charge on any atom is -0.378 e. The van der Waals surface area contributed by atoms with E-state index in [2.05, 4.69) is 15.3 Å². The summed E-state index contributed by atoms with van der Waals surface area (Å²) in [5.74, 6) is 0.0308. The number of benzene rings is 1. The number of aromatic nitrogens is 2. The van der Waals surface area contributed by atoms with Gasteiger partial charge >= 0.3 is 0 Å². The largest absolute Gasteiger partial charge is 0.378 e. The molecule has 2 N–H and O–H groups in total. The Balaban J connectivity index is 2.24. The number of carbonyl (C=O) groups is 1. The lowest BCUT2D eigenvalue weighted by Crippen LogP contribution is -2.26. The second-order valence-corrected chi connectivity index (χ2v) is 5.01. The number of aromatic amines is 1. The zero-order chi connectivity index (χ0) is 15.6. The molecule has 0 fully saturated rings. The van der Waals surface area contributed by atoms with Crippen LogP contribution in [0.3, 0.4) is 0 Å². The molecule has 0 spiro atoms. The minimum atomic E-state index is -0.459. The molecule has 0 aliphatic rings. The molecule has 0 aliphatic carbocycles. The maximum Gasteiger partial charge on any atom is 0.264 e. The monoisotopic (exact) mass is 286 g/mol. The molecule has 1 aromatic heterocycles. The molecule has 1 heterocycles. The van der Waals surface area contributed by atoms with E-state index >= 15 is 0 Å². The van der Waals surface area contributed by atoms with Crippen LogP contribution in [0.25, 0.3) is 0 Å². The highest BCUT2D eigenvalue weighted by Gasteiger charge is 2.15. The van der Waals surface area contributed by atoms with Gasteiger partial charge in [0.05, 0.1) is 5.69 Å². The number of nitrogens with zero attached hydrogens (tertiary/aromatic N) is 2. The van der Waals surface area contributed by atoms with Gasteiger partial charge in [0.15, 0.2) is 0 Å². The molecule has 0 radical (unpaired) electrons. The van der Waals surface area contributed by atoms with Crippen LogP contribution < -0.4 is 15.8 Å². The van der Waals surface area contributed by atoms with Gasteiger partial charge in [-0.3, -0.25) is 9.59 Å². The van der Waals surface area contributed by atoms with Crippen LogP contribution in [-0.2, 0) is 0 Å². The molecule has 0 bridgehead atoms. The molecule has 6 nitrogen and oxygen atoms in total. The lowest BCUT2D eigenvalue weighted by Gasteiger charge is -2.13. The molecule has 0 saturated carbocycles. The predicted molar refractivity (Wildman–Crippen MR) is 83.1 cm³/mol. The van der Waals surface area contributed by atoms with Crippen LogP contribution in [-0.4, -0.2) is 30.0 Å². The van der Waals surface area contributed by atoms with E-state index in [0.29, 0.717) is 17.2 Å². The maximum atomic E-state index is 12.2. The Labute approximate surface area is 122 Å². The number of rotatable bonds is 3. The van der Waals surface area contributed by atoms with E-state index in [-0.39, 0.29) is 5.56 Å². The molecule has 0 atom stereocenters. The van der Waals surface area contributed by atoms with Gasteiger partial charge in [0.25, 0.3) is 11.5 Å². The molecule has 2 aromatic rings. The van der Waals surface area contributed by atoms with Crippen LogP contribution in [0, 0.1) is 13.8 Å². The summed E-state index contributed by atoms with van der Waals surface area (Å²) >= 11 is 0. The van der Waals surface area contributed by atoms with Crippen molar-refractivity contribution in [2.75, 3.05) is 24.3 Å². The normalized spacial score (nSPS) is 10.3. The van der Waals surface area contributed by atoms with Crippen molar-refractivity contribution < 1.29 is 4.79 Å². The van der Waals surface area contributed by atoms with Crippen molar-refractivity contribution in [1.82, 2.24) is 9.97 Å². The fraction of sp³-hybridized carbons (Fsp3) is 0.267. The zero-order valence-electron chi connectivity index (χ0n) is 12.5. The Hall–Kier alpha value is -2.63. The van der Waals surface area contributed by atoms with Crippen LogP contribution in [0.5, 0.6) is 0 Å². The Morgan fingerprint density at radius 1 is 1.19 bits per heavy atom. The van der Waals surface area contributed by atoms with E-state index in [1.165, 1.54) is 0 Å². The summed E-state index contributed by atoms with van der Waals surface area (Å²) in [6.45, 7) is 3.32. The van der Waals surface area contributed by atoms with Crippen molar-refractivity contribution in [2.45, 2.75) is 13.8 Å².